The van der Waals surface area contributed by atoms with Gasteiger partial charge in [0.2, 0.25) is 0 Å². The predicted octanol–water partition coefficient (Wildman–Crippen LogP) is 3.64. The lowest BCUT2D eigenvalue weighted by atomic mass is 9.94. The monoisotopic (exact) mass is 307 g/mol. The number of carbonyl (C=O) groups is 1. The summed E-state index contributed by atoms with van der Waals surface area (Å²) in [5.74, 6) is -1.21. The summed E-state index contributed by atoms with van der Waals surface area (Å²) in [6.45, 7) is 2.59. The Balaban J connectivity index is 1.90. The number of thioether (sulfide) groups is 1. The Labute approximate surface area is 131 Å². The molecule has 1 fully saturated rings. The van der Waals surface area contributed by atoms with Gasteiger partial charge in [-0.1, -0.05) is 37.1 Å². The largest absolute Gasteiger partial charge is 0.481 e. The first-order valence-electron chi connectivity index (χ1n) is 7.69. The van der Waals surface area contributed by atoms with Crippen molar-refractivity contribution in [3.8, 4) is 0 Å². The lowest BCUT2D eigenvalue weighted by Gasteiger charge is -2.31. The Morgan fingerprint density at radius 2 is 2.00 bits per heavy atom. The van der Waals surface area contributed by atoms with Crippen LogP contribution < -0.4 is 5.32 Å². The van der Waals surface area contributed by atoms with Gasteiger partial charge in [0.25, 0.3) is 0 Å². The summed E-state index contributed by atoms with van der Waals surface area (Å²) in [4.78, 5) is 11.0. The zero-order chi connectivity index (χ0) is 15.2. The molecule has 1 aliphatic carbocycles. The summed E-state index contributed by atoms with van der Waals surface area (Å²) >= 11 is 1.97. The van der Waals surface area contributed by atoms with Crippen LogP contribution in [0.4, 0.5) is 0 Å². The molecule has 2 N–H and O–H groups in total. The van der Waals surface area contributed by atoms with E-state index in [0.29, 0.717) is 6.04 Å². The van der Waals surface area contributed by atoms with Crippen molar-refractivity contribution in [3.05, 3.63) is 35.4 Å². The Kier molecular flexibility index (Phi) is 6.12. The molecule has 0 bridgehead atoms. The van der Waals surface area contributed by atoms with Gasteiger partial charge in [-0.05, 0) is 37.1 Å². The third-order valence-corrected chi connectivity index (χ3v) is 5.59. The third kappa shape index (κ3) is 4.48. The van der Waals surface area contributed by atoms with Crippen LogP contribution in [0.15, 0.2) is 24.3 Å². The molecule has 0 heterocycles. The van der Waals surface area contributed by atoms with Gasteiger partial charge in [0.15, 0.2) is 0 Å². The third-order valence-electron chi connectivity index (χ3n) is 4.42. The second kappa shape index (κ2) is 7.85. The Morgan fingerprint density at radius 3 is 2.62 bits per heavy atom. The molecule has 1 aliphatic rings. The van der Waals surface area contributed by atoms with Crippen LogP contribution in [0, 0.1) is 0 Å². The fourth-order valence-corrected chi connectivity index (χ4v) is 3.89. The topological polar surface area (TPSA) is 49.3 Å². The molecule has 3 nitrogen and oxygen atoms in total. The van der Waals surface area contributed by atoms with E-state index >= 15 is 0 Å². The number of carboxylic acid groups (broad SMARTS) is 1. The van der Waals surface area contributed by atoms with E-state index in [4.69, 9.17) is 5.11 Å². The molecular weight excluding hydrogens is 282 g/mol. The van der Waals surface area contributed by atoms with Gasteiger partial charge < -0.3 is 10.4 Å². The molecule has 116 valence electrons. The molecular formula is C17H25NO2S. The highest BCUT2D eigenvalue weighted by Gasteiger charge is 2.23. The van der Waals surface area contributed by atoms with Crippen LogP contribution in [0.3, 0.4) is 0 Å². The lowest BCUT2D eigenvalue weighted by Crippen LogP contribution is -2.39. The minimum Gasteiger partial charge on any atom is -0.481 e. The summed E-state index contributed by atoms with van der Waals surface area (Å²) in [7, 11) is 0. The van der Waals surface area contributed by atoms with Gasteiger partial charge in [-0.15, -0.1) is 0 Å². The molecule has 1 saturated carbocycles. The van der Waals surface area contributed by atoms with E-state index in [-0.39, 0.29) is 0 Å². The van der Waals surface area contributed by atoms with Crippen molar-refractivity contribution < 1.29 is 9.90 Å². The molecule has 1 aromatic rings. The van der Waals surface area contributed by atoms with Gasteiger partial charge in [0, 0.05) is 17.8 Å². The van der Waals surface area contributed by atoms with Gasteiger partial charge in [-0.3, -0.25) is 4.79 Å². The zero-order valence-corrected chi connectivity index (χ0v) is 13.7. The van der Waals surface area contributed by atoms with Crippen molar-refractivity contribution in [1.29, 1.82) is 0 Å². The first-order chi connectivity index (χ1) is 10.1. The summed E-state index contributed by atoms with van der Waals surface area (Å²) in [5, 5.41) is 13.4. The fraction of sp³-hybridized carbons (Fsp3) is 0.588. The van der Waals surface area contributed by atoms with Gasteiger partial charge >= 0.3 is 5.97 Å². The molecule has 2 rings (SSSR count). The van der Waals surface area contributed by atoms with Crippen LogP contribution in [0.25, 0.3) is 0 Å². The quantitative estimate of drug-likeness (QED) is 0.842. The molecule has 0 radical (unpaired) electrons. The molecule has 0 saturated heterocycles. The molecule has 0 spiro atoms. The minimum absolute atomic E-state index is 0.439. The molecule has 0 aromatic heterocycles. The van der Waals surface area contributed by atoms with Crippen molar-refractivity contribution in [2.24, 2.45) is 0 Å². The van der Waals surface area contributed by atoms with Crippen molar-refractivity contribution in [2.45, 2.75) is 56.4 Å². The first kappa shape index (κ1) is 16.4. The van der Waals surface area contributed by atoms with Crippen molar-refractivity contribution in [2.75, 3.05) is 6.26 Å². The number of carboxylic acids is 1. The maximum Gasteiger partial charge on any atom is 0.310 e. The fourth-order valence-electron chi connectivity index (χ4n) is 2.93. The summed E-state index contributed by atoms with van der Waals surface area (Å²) in [5.41, 5.74) is 2.09. The second-order valence-electron chi connectivity index (χ2n) is 5.85. The van der Waals surface area contributed by atoms with E-state index in [1.165, 1.54) is 31.2 Å². The number of hydrogen-bond acceptors (Lipinski definition) is 3. The maximum absolute atomic E-state index is 11.0. The van der Waals surface area contributed by atoms with E-state index < -0.39 is 11.9 Å². The Hall–Kier alpha value is -1.00. The second-order valence-corrected chi connectivity index (χ2v) is 6.92. The number of aliphatic carboxylic acids is 1. The molecule has 1 aromatic carbocycles. The van der Waals surface area contributed by atoms with Crippen LogP contribution >= 0.6 is 11.8 Å². The first-order valence-corrected chi connectivity index (χ1v) is 8.98. The standard InChI is InChI=1S/C17H25NO2S/c1-12(17(19)20)14-9-7-13(8-10-14)11-18-15-5-3-4-6-16(15)21-2/h7-10,12,15-16,18H,3-6,11H2,1-2H3,(H,19,20). The normalized spacial score (nSPS) is 23.7. The highest BCUT2D eigenvalue weighted by atomic mass is 32.2. The molecule has 4 heteroatoms. The van der Waals surface area contributed by atoms with Gasteiger partial charge in [0.05, 0.1) is 5.92 Å². The summed E-state index contributed by atoms with van der Waals surface area (Å²) in [6, 6.07) is 8.55. The molecule has 21 heavy (non-hydrogen) atoms. The SMILES string of the molecule is CSC1CCCCC1NCc1ccc(C(C)C(=O)O)cc1. The molecule has 3 atom stereocenters. The Bertz CT molecular complexity index is 460. The van der Waals surface area contributed by atoms with Gasteiger partial charge in [0.1, 0.15) is 0 Å². The van der Waals surface area contributed by atoms with Crippen molar-refractivity contribution in [3.63, 3.8) is 0 Å². The van der Waals surface area contributed by atoms with Crippen LogP contribution in [-0.2, 0) is 11.3 Å². The van der Waals surface area contributed by atoms with Gasteiger partial charge in [-0.25, -0.2) is 0 Å². The van der Waals surface area contributed by atoms with Crippen LogP contribution in [-0.4, -0.2) is 28.6 Å². The van der Waals surface area contributed by atoms with Crippen LogP contribution in [0.5, 0.6) is 0 Å². The molecule has 0 amide bonds. The highest BCUT2D eigenvalue weighted by molar-refractivity contribution is 7.99. The smallest absolute Gasteiger partial charge is 0.310 e. The Morgan fingerprint density at radius 1 is 1.33 bits per heavy atom. The van der Waals surface area contributed by atoms with Crippen LogP contribution in [0.2, 0.25) is 0 Å². The highest BCUT2D eigenvalue weighted by Crippen LogP contribution is 2.27. The maximum atomic E-state index is 11.0. The number of hydrogen-bond donors (Lipinski definition) is 2. The number of benzene rings is 1. The number of nitrogens with one attached hydrogen (secondary N) is 1. The average Bonchev–Trinajstić information content (AvgIpc) is 2.52. The predicted molar refractivity (Wildman–Crippen MR) is 88.9 cm³/mol. The van der Waals surface area contributed by atoms with Gasteiger partial charge in [-0.2, -0.15) is 11.8 Å². The van der Waals surface area contributed by atoms with E-state index in [1.54, 1.807) is 6.92 Å². The summed E-state index contributed by atoms with van der Waals surface area (Å²) in [6.07, 6.45) is 7.45. The lowest BCUT2D eigenvalue weighted by molar-refractivity contribution is -0.138. The van der Waals surface area contributed by atoms with Crippen LogP contribution in [0.1, 0.15) is 49.7 Å². The number of rotatable bonds is 6. The van der Waals surface area contributed by atoms with Crippen molar-refractivity contribution >= 4 is 17.7 Å². The van der Waals surface area contributed by atoms with E-state index in [1.807, 2.05) is 36.0 Å². The minimum atomic E-state index is -0.772. The molecule has 0 aliphatic heterocycles. The summed E-state index contributed by atoms with van der Waals surface area (Å²) < 4.78 is 0. The van der Waals surface area contributed by atoms with E-state index in [9.17, 15) is 4.79 Å². The zero-order valence-electron chi connectivity index (χ0n) is 12.8. The van der Waals surface area contributed by atoms with E-state index in [2.05, 4.69) is 11.6 Å². The molecule has 3 unspecified atom stereocenters. The average molecular weight is 307 g/mol. The van der Waals surface area contributed by atoms with Crippen molar-refractivity contribution in [1.82, 2.24) is 5.32 Å². The van der Waals surface area contributed by atoms with E-state index in [0.717, 1.165) is 17.4 Å².